The van der Waals surface area contributed by atoms with Gasteiger partial charge in [0, 0.05) is 19.5 Å². The fraction of sp³-hybridized carbons (Fsp3) is 0.467. The zero-order valence-corrected chi connectivity index (χ0v) is 11.8. The van der Waals surface area contributed by atoms with Crippen molar-refractivity contribution >= 4 is 11.9 Å². The number of hydrogen-bond donors (Lipinski definition) is 1. The molecule has 1 atom stereocenters. The van der Waals surface area contributed by atoms with Gasteiger partial charge in [-0.3, -0.25) is 9.59 Å². The van der Waals surface area contributed by atoms with Gasteiger partial charge in [0.15, 0.2) is 11.6 Å². The number of hydrogen-bond acceptors (Lipinski definition) is 3. The molecule has 6 heteroatoms. The number of carbonyl (C=O) groups excluding carboxylic acids is 1. The lowest BCUT2D eigenvalue weighted by Crippen LogP contribution is -2.30. The second-order valence-electron chi connectivity index (χ2n) is 5.13. The Morgan fingerprint density at radius 1 is 1.48 bits per heavy atom. The Bertz CT molecular complexity index is 546. The van der Waals surface area contributed by atoms with E-state index >= 15 is 0 Å². The number of aryl methyl sites for hydroxylation is 1. The fourth-order valence-electron chi connectivity index (χ4n) is 2.46. The highest BCUT2D eigenvalue weighted by atomic mass is 19.1. The Hall–Kier alpha value is -2.11. The van der Waals surface area contributed by atoms with E-state index in [2.05, 4.69) is 0 Å². The number of carbonyl (C=O) groups is 2. The summed E-state index contributed by atoms with van der Waals surface area (Å²) in [5, 5.41) is 8.91. The molecule has 1 heterocycles. The molecule has 0 radical (unpaired) electrons. The van der Waals surface area contributed by atoms with Crippen molar-refractivity contribution in [1.29, 1.82) is 0 Å². The van der Waals surface area contributed by atoms with Crippen molar-refractivity contribution < 1.29 is 23.8 Å². The van der Waals surface area contributed by atoms with Gasteiger partial charge in [-0.1, -0.05) is 6.07 Å². The number of methoxy groups -OCH3 is 1. The third-order valence-electron chi connectivity index (χ3n) is 3.73. The molecule has 1 aliphatic heterocycles. The Morgan fingerprint density at radius 3 is 2.81 bits per heavy atom. The fourth-order valence-corrected chi connectivity index (χ4v) is 2.46. The first-order chi connectivity index (χ1) is 10.0. The second kappa shape index (κ2) is 6.56. The average molecular weight is 295 g/mol. The van der Waals surface area contributed by atoms with Crippen molar-refractivity contribution in [2.24, 2.45) is 5.92 Å². The summed E-state index contributed by atoms with van der Waals surface area (Å²) in [6.45, 7) is 0.748. The molecule has 1 saturated heterocycles. The highest BCUT2D eigenvalue weighted by molar-refractivity contribution is 5.78. The van der Waals surface area contributed by atoms with Gasteiger partial charge in [-0.05, 0) is 30.5 Å². The molecule has 114 valence electrons. The zero-order valence-electron chi connectivity index (χ0n) is 11.8. The highest BCUT2D eigenvalue weighted by Gasteiger charge is 2.30. The van der Waals surface area contributed by atoms with E-state index in [9.17, 15) is 14.0 Å². The molecule has 1 aromatic rings. The maximum Gasteiger partial charge on any atom is 0.308 e. The van der Waals surface area contributed by atoms with E-state index < -0.39 is 17.7 Å². The Balaban J connectivity index is 1.87. The average Bonchev–Trinajstić information content (AvgIpc) is 2.95. The van der Waals surface area contributed by atoms with Gasteiger partial charge in [-0.15, -0.1) is 0 Å². The summed E-state index contributed by atoms with van der Waals surface area (Å²) in [6.07, 6.45) is 1.17. The lowest BCUT2D eigenvalue weighted by molar-refractivity contribution is -0.141. The number of ether oxygens (including phenoxy) is 1. The van der Waals surface area contributed by atoms with Crippen molar-refractivity contribution in [2.75, 3.05) is 20.2 Å². The minimum Gasteiger partial charge on any atom is -0.494 e. The SMILES string of the molecule is COc1ccc(CCC(=O)N2CC[C@@H](C(=O)O)C2)cc1F. The van der Waals surface area contributed by atoms with Crippen LogP contribution < -0.4 is 4.74 Å². The van der Waals surface area contributed by atoms with E-state index in [0.29, 0.717) is 19.4 Å². The van der Waals surface area contributed by atoms with Crippen LogP contribution in [0.1, 0.15) is 18.4 Å². The summed E-state index contributed by atoms with van der Waals surface area (Å²) in [5.74, 6) is -1.69. The highest BCUT2D eigenvalue weighted by Crippen LogP contribution is 2.20. The maximum atomic E-state index is 13.5. The van der Waals surface area contributed by atoms with Gasteiger partial charge in [0.25, 0.3) is 0 Å². The minimum atomic E-state index is -0.859. The third-order valence-corrected chi connectivity index (χ3v) is 3.73. The summed E-state index contributed by atoms with van der Waals surface area (Å²) >= 11 is 0. The largest absolute Gasteiger partial charge is 0.494 e. The summed E-state index contributed by atoms with van der Waals surface area (Å²) < 4.78 is 18.4. The number of aliphatic carboxylic acids is 1. The number of amides is 1. The van der Waals surface area contributed by atoms with Crippen LogP contribution in [0, 0.1) is 11.7 Å². The summed E-state index contributed by atoms with van der Waals surface area (Å²) in [4.78, 5) is 24.4. The molecular formula is C15H18FNO4. The molecule has 1 fully saturated rings. The molecule has 1 aromatic carbocycles. The van der Waals surface area contributed by atoms with E-state index in [1.807, 2.05) is 0 Å². The van der Waals surface area contributed by atoms with E-state index in [1.165, 1.54) is 19.2 Å². The molecule has 1 N–H and O–H groups in total. The Kier molecular flexibility index (Phi) is 4.77. The van der Waals surface area contributed by atoms with Crippen LogP contribution in [0.2, 0.25) is 0 Å². The first-order valence-corrected chi connectivity index (χ1v) is 6.84. The Labute approximate surface area is 122 Å². The third kappa shape index (κ3) is 3.71. The van der Waals surface area contributed by atoms with Crippen LogP contribution in [0.15, 0.2) is 18.2 Å². The number of benzene rings is 1. The molecule has 21 heavy (non-hydrogen) atoms. The van der Waals surface area contributed by atoms with Crippen LogP contribution in [0.25, 0.3) is 0 Å². The standard InChI is InChI=1S/C15H18FNO4/c1-21-13-4-2-10(8-12(13)16)3-5-14(18)17-7-6-11(9-17)15(19)20/h2,4,8,11H,3,5-7,9H2,1H3,(H,19,20)/t11-/m1/s1. The van der Waals surface area contributed by atoms with Crippen LogP contribution in [0.5, 0.6) is 5.75 Å². The number of carboxylic acids is 1. The first-order valence-electron chi connectivity index (χ1n) is 6.84. The summed E-state index contributed by atoms with van der Waals surface area (Å²) in [5.41, 5.74) is 0.718. The van der Waals surface area contributed by atoms with Crippen molar-refractivity contribution in [2.45, 2.75) is 19.3 Å². The Morgan fingerprint density at radius 2 is 2.24 bits per heavy atom. The molecule has 0 unspecified atom stereocenters. The molecule has 0 spiro atoms. The van der Waals surface area contributed by atoms with E-state index in [1.54, 1.807) is 11.0 Å². The molecule has 1 amide bonds. The van der Waals surface area contributed by atoms with Crippen molar-refractivity contribution in [3.8, 4) is 5.75 Å². The van der Waals surface area contributed by atoms with Gasteiger partial charge >= 0.3 is 5.97 Å². The van der Waals surface area contributed by atoms with E-state index in [4.69, 9.17) is 9.84 Å². The zero-order chi connectivity index (χ0) is 15.4. The molecule has 0 aromatic heterocycles. The van der Waals surface area contributed by atoms with Crippen LogP contribution >= 0.6 is 0 Å². The van der Waals surface area contributed by atoms with Gasteiger partial charge in [-0.2, -0.15) is 0 Å². The number of nitrogens with zero attached hydrogens (tertiary/aromatic N) is 1. The number of carboxylic acid groups (broad SMARTS) is 1. The minimum absolute atomic E-state index is 0.0880. The van der Waals surface area contributed by atoms with Crippen molar-refractivity contribution in [1.82, 2.24) is 4.90 Å². The maximum absolute atomic E-state index is 13.5. The van der Waals surface area contributed by atoms with Crippen LogP contribution in [0.3, 0.4) is 0 Å². The lowest BCUT2D eigenvalue weighted by atomic mass is 10.1. The van der Waals surface area contributed by atoms with Gasteiger partial charge in [0.05, 0.1) is 13.0 Å². The lowest BCUT2D eigenvalue weighted by Gasteiger charge is -2.15. The second-order valence-corrected chi connectivity index (χ2v) is 5.13. The quantitative estimate of drug-likeness (QED) is 0.898. The smallest absolute Gasteiger partial charge is 0.308 e. The van der Waals surface area contributed by atoms with Gasteiger partial charge in [0.2, 0.25) is 5.91 Å². The summed E-state index contributed by atoms with van der Waals surface area (Å²) in [7, 11) is 1.40. The normalized spacial score (nSPS) is 17.8. The van der Waals surface area contributed by atoms with Gasteiger partial charge in [-0.25, -0.2) is 4.39 Å². The molecule has 0 saturated carbocycles. The molecule has 5 nitrogen and oxygen atoms in total. The predicted molar refractivity (Wildman–Crippen MR) is 73.6 cm³/mol. The predicted octanol–water partition coefficient (Wildman–Crippen LogP) is 1.70. The molecule has 0 aliphatic carbocycles. The van der Waals surface area contributed by atoms with Gasteiger partial charge < -0.3 is 14.7 Å². The number of rotatable bonds is 5. The first kappa shape index (κ1) is 15.3. The van der Waals surface area contributed by atoms with Crippen LogP contribution in [0.4, 0.5) is 4.39 Å². The molecule has 0 bridgehead atoms. The van der Waals surface area contributed by atoms with Crippen molar-refractivity contribution in [3.63, 3.8) is 0 Å². The van der Waals surface area contributed by atoms with E-state index in [0.717, 1.165) is 5.56 Å². The van der Waals surface area contributed by atoms with Crippen LogP contribution in [-0.2, 0) is 16.0 Å². The molecule has 1 aliphatic rings. The molecular weight excluding hydrogens is 277 g/mol. The number of halogens is 1. The van der Waals surface area contributed by atoms with Crippen molar-refractivity contribution in [3.05, 3.63) is 29.6 Å². The molecule has 2 rings (SSSR count). The van der Waals surface area contributed by atoms with Gasteiger partial charge in [0.1, 0.15) is 0 Å². The number of likely N-dealkylation sites (tertiary alicyclic amines) is 1. The van der Waals surface area contributed by atoms with Crippen LogP contribution in [-0.4, -0.2) is 42.1 Å². The topological polar surface area (TPSA) is 66.8 Å². The monoisotopic (exact) mass is 295 g/mol. The summed E-state index contributed by atoms with van der Waals surface area (Å²) in [6, 6.07) is 4.61. The van der Waals surface area contributed by atoms with E-state index in [-0.39, 0.29) is 24.6 Å².